The first-order chi connectivity index (χ1) is 20.4. The largest absolute Gasteiger partial charge is 0.444 e. The number of nitrogens with one attached hydrogen (secondary N) is 1. The van der Waals surface area contributed by atoms with Crippen LogP contribution in [0.3, 0.4) is 0 Å². The summed E-state index contributed by atoms with van der Waals surface area (Å²) in [6, 6.07) is 5.58. The predicted molar refractivity (Wildman–Crippen MR) is 161 cm³/mol. The number of aromatic nitrogens is 5. The maximum atomic E-state index is 15.6. The molecular weight excluding hydrogens is 575 g/mol. The molecule has 2 aliphatic rings. The van der Waals surface area contributed by atoms with Gasteiger partial charge in [-0.05, 0) is 52.1 Å². The molecule has 0 saturated heterocycles. The minimum atomic E-state index is -0.604. The Bertz CT molecular complexity index is 1740. The number of carbonyl (C=O) groups is 2. The average molecular weight is 609 g/mol. The van der Waals surface area contributed by atoms with Gasteiger partial charge < -0.3 is 19.5 Å². The van der Waals surface area contributed by atoms with Gasteiger partial charge in [-0.3, -0.25) is 14.4 Å². The van der Waals surface area contributed by atoms with Gasteiger partial charge in [0.2, 0.25) is 5.91 Å². The number of nitrogens with zero attached hydrogens (tertiary/aromatic N) is 7. The number of rotatable bonds is 4. The number of hydrogen-bond acceptors (Lipinski definition) is 7. The van der Waals surface area contributed by atoms with E-state index < -0.39 is 17.5 Å². The molecule has 0 atom stereocenters. The van der Waals surface area contributed by atoms with Gasteiger partial charge in [0.15, 0.2) is 11.6 Å². The molecule has 0 aliphatic carbocycles. The first kappa shape index (κ1) is 28.9. The Balaban J connectivity index is 1.26. The summed E-state index contributed by atoms with van der Waals surface area (Å²) in [7, 11) is 0. The number of benzene rings is 1. The number of halogens is 2. The van der Waals surface area contributed by atoms with Crippen molar-refractivity contribution in [3.8, 4) is 11.3 Å². The van der Waals surface area contributed by atoms with Crippen LogP contribution in [0.5, 0.6) is 0 Å². The average Bonchev–Trinajstić information content (AvgIpc) is 3.48. The Kier molecular flexibility index (Phi) is 7.27. The van der Waals surface area contributed by atoms with E-state index in [9.17, 15) is 9.59 Å². The normalized spacial score (nSPS) is 15.5. The molecule has 43 heavy (non-hydrogen) atoms. The quantitative estimate of drug-likeness (QED) is 0.331. The topological polar surface area (TPSA) is 110 Å². The Hall–Kier alpha value is -4.19. The number of carbonyl (C=O) groups excluding carboxylic acids is 2. The second kappa shape index (κ2) is 10.8. The van der Waals surface area contributed by atoms with E-state index >= 15 is 4.39 Å². The zero-order chi connectivity index (χ0) is 30.6. The lowest BCUT2D eigenvalue weighted by Gasteiger charge is -2.31. The third kappa shape index (κ3) is 5.63. The Morgan fingerprint density at radius 3 is 2.60 bits per heavy atom. The second-order valence-corrected chi connectivity index (χ2v) is 12.6. The summed E-state index contributed by atoms with van der Waals surface area (Å²) in [5, 5.41) is 8.94. The van der Waals surface area contributed by atoms with Gasteiger partial charge in [-0.2, -0.15) is 5.10 Å². The molecular formula is C30H34ClFN8O3. The number of ether oxygens (including phenoxy) is 1. The summed E-state index contributed by atoms with van der Waals surface area (Å²) < 4.78 is 24.8. The van der Waals surface area contributed by atoms with E-state index in [4.69, 9.17) is 16.3 Å². The summed E-state index contributed by atoms with van der Waals surface area (Å²) in [6.45, 7) is 11.4. The monoisotopic (exact) mass is 608 g/mol. The number of fused-ring (bicyclic) bond motifs is 3. The van der Waals surface area contributed by atoms with Crippen molar-refractivity contribution >= 4 is 46.0 Å². The standard InChI is InChI=1S/C30H34ClFN8O3/c1-17(2)38-7-6-19-12-24(36-40(19)16-26(38)41)35-23-11-18-10-20(28(32)27(31)21(18)13-33-23)22-14-34-25-15-37(8-9-39(22)25)29(42)43-30(3,4)5/h10-14,17H,6-9,15-16H2,1-5H3,(H,33,35,36). The summed E-state index contributed by atoms with van der Waals surface area (Å²) in [5.41, 5.74) is 1.24. The van der Waals surface area contributed by atoms with E-state index in [2.05, 4.69) is 20.4 Å². The van der Waals surface area contributed by atoms with E-state index in [1.165, 1.54) is 6.20 Å². The molecule has 1 aromatic carbocycles. The van der Waals surface area contributed by atoms with Crippen LogP contribution in [0.2, 0.25) is 5.02 Å². The van der Waals surface area contributed by atoms with Crippen molar-refractivity contribution in [1.29, 1.82) is 0 Å². The lowest BCUT2D eigenvalue weighted by atomic mass is 10.1. The van der Waals surface area contributed by atoms with Crippen LogP contribution < -0.4 is 5.32 Å². The van der Waals surface area contributed by atoms with E-state index in [1.807, 2.05) is 50.2 Å². The van der Waals surface area contributed by atoms with Crippen LogP contribution in [-0.2, 0) is 35.6 Å². The van der Waals surface area contributed by atoms with Gasteiger partial charge in [0.05, 0.1) is 23.5 Å². The first-order valence-corrected chi connectivity index (χ1v) is 14.7. The number of pyridine rings is 1. The highest BCUT2D eigenvalue weighted by Gasteiger charge is 2.29. The molecule has 11 nitrogen and oxygen atoms in total. The number of imidazole rings is 1. The van der Waals surface area contributed by atoms with Crippen LogP contribution >= 0.6 is 11.6 Å². The molecule has 5 heterocycles. The fourth-order valence-electron chi connectivity index (χ4n) is 5.55. The molecule has 0 radical (unpaired) electrons. The van der Waals surface area contributed by atoms with Crippen LogP contribution in [0, 0.1) is 5.82 Å². The maximum absolute atomic E-state index is 15.6. The van der Waals surface area contributed by atoms with Gasteiger partial charge in [0.1, 0.15) is 23.8 Å². The van der Waals surface area contributed by atoms with Crippen molar-refractivity contribution < 1.29 is 18.7 Å². The third-order valence-corrected chi connectivity index (χ3v) is 8.02. The van der Waals surface area contributed by atoms with Crippen molar-refractivity contribution in [2.45, 2.75) is 72.3 Å². The molecule has 2 aliphatic heterocycles. The minimum absolute atomic E-state index is 0.0322. The highest BCUT2D eigenvalue weighted by atomic mass is 35.5. The lowest BCUT2D eigenvalue weighted by Crippen LogP contribution is -2.41. The Morgan fingerprint density at radius 1 is 1.07 bits per heavy atom. The zero-order valence-corrected chi connectivity index (χ0v) is 25.6. The summed E-state index contributed by atoms with van der Waals surface area (Å²) in [6.07, 6.45) is 3.43. The van der Waals surface area contributed by atoms with Gasteiger partial charge >= 0.3 is 6.09 Å². The van der Waals surface area contributed by atoms with Crippen molar-refractivity contribution in [2.24, 2.45) is 0 Å². The first-order valence-electron chi connectivity index (χ1n) is 14.3. The van der Waals surface area contributed by atoms with Crippen molar-refractivity contribution in [1.82, 2.24) is 34.1 Å². The molecule has 6 rings (SSSR count). The van der Waals surface area contributed by atoms with Gasteiger partial charge in [-0.1, -0.05) is 11.6 Å². The second-order valence-electron chi connectivity index (χ2n) is 12.2. The van der Waals surface area contributed by atoms with Gasteiger partial charge in [-0.15, -0.1) is 0 Å². The molecule has 2 amide bonds. The summed E-state index contributed by atoms with van der Waals surface area (Å²) in [5.74, 6) is 1.19. The van der Waals surface area contributed by atoms with Gasteiger partial charge in [-0.25, -0.2) is 19.2 Å². The van der Waals surface area contributed by atoms with Crippen molar-refractivity contribution in [2.75, 3.05) is 18.4 Å². The molecule has 1 N–H and O–H groups in total. The fourth-order valence-corrected chi connectivity index (χ4v) is 5.81. The van der Waals surface area contributed by atoms with Crippen LogP contribution in [0.15, 0.2) is 30.6 Å². The molecule has 4 aromatic rings. The SMILES string of the molecule is CC(C)N1CCc2cc(Nc3cc4cc(-c5cnc6n5CCN(C(=O)OC(C)(C)C)C6)c(F)c(Cl)c4cn3)nn2CC1=O. The number of hydrogen-bond donors (Lipinski definition) is 1. The van der Waals surface area contributed by atoms with Crippen LogP contribution in [0.1, 0.15) is 46.1 Å². The molecule has 0 unspecified atom stereocenters. The molecule has 0 bridgehead atoms. The van der Waals surface area contributed by atoms with Crippen LogP contribution in [0.25, 0.3) is 22.0 Å². The minimum Gasteiger partial charge on any atom is -0.444 e. The molecule has 226 valence electrons. The molecule has 3 aromatic heterocycles. The van der Waals surface area contributed by atoms with E-state index in [0.717, 1.165) is 5.69 Å². The highest BCUT2D eigenvalue weighted by molar-refractivity contribution is 6.36. The Labute approximate surface area is 253 Å². The summed E-state index contributed by atoms with van der Waals surface area (Å²) >= 11 is 6.52. The van der Waals surface area contributed by atoms with Gasteiger partial charge in [0.25, 0.3) is 0 Å². The maximum Gasteiger partial charge on any atom is 0.410 e. The van der Waals surface area contributed by atoms with Crippen LogP contribution in [0.4, 0.5) is 20.8 Å². The zero-order valence-electron chi connectivity index (χ0n) is 24.8. The Morgan fingerprint density at radius 2 is 1.86 bits per heavy atom. The number of anilines is 2. The van der Waals surface area contributed by atoms with E-state index in [0.29, 0.717) is 65.5 Å². The van der Waals surface area contributed by atoms with E-state index in [-0.39, 0.29) is 30.1 Å². The third-order valence-electron chi connectivity index (χ3n) is 7.65. The van der Waals surface area contributed by atoms with Crippen LogP contribution in [-0.4, -0.2) is 70.8 Å². The molecule has 0 fully saturated rings. The highest BCUT2D eigenvalue weighted by Crippen LogP contribution is 2.36. The smallest absolute Gasteiger partial charge is 0.410 e. The summed E-state index contributed by atoms with van der Waals surface area (Å²) in [4.78, 5) is 37.6. The van der Waals surface area contributed by atoms with Gasteiger partial charge in [0, 0.05) is 61.0 Å². The number of amides is 2. The molecule has 13 heteroatoms. The molecule has 0 spiro atoms. The molecule has 0 saturated carbocycles. The fraction of sp³-hybridized carbons (Fsp3) is 0.433. The lowest BCUT2D eigenvalue weighted by molar-refractivity contribution is -0.133. The van der Waals surface area contributed by atoms with Crippen molar-refractivity contribution in [3.63, 3.8) is 0 Å². The van der Waals surface area contributed by atoms with E-state index in [1.54, 1.807) is 27.9 Å². The predicted octanol–water partition coefficient (Wildman–Crippen LogP) is 5.37. The van der Waals surface area contributed by atoms with Crippen molar-refractivity contribution in [3.05, 3.63) is 53.0 Å².